The number of morpholine rings is 1. The maximum absolute atomic E-state index is 11.4. The molecule has 1 aliphatic rings. The Labute approximate surface area is 95.3 Å². The third-order valence-corrected chi connectivity index (χ3v) is 2.50. The molecule has 90 valence electrons. The number of nitrogens with zero attached hydrogens (tertiary/aromatic N) is 2. The van der Waals surface area contributed by atoms with Crippen molar-refractivity contribution in [1.29, 1.82) is 5.26 Å². The van der Waals surface area contributed by atoms with Gasteiger partial charge in [-0.15, -0.1) is 0 Å². The van der Waals surface area contributed by atoms with Crippen LogP contribution in [0.4, 0.5) is 0 Å². The first kappa shape index (κ1) is 12.9. The second-order valence-electron chi connectivity index (χ2n) is 3.94. The van der Waals surface area contributed by atoms with Crippen LogP contribution in [-0.4, -0.2) is 55.7 Å². The predicted molar refractivity (Wildman–Crippen MR) is 58.5 cm³/mol. The fourth-order valence-electron chi connectivity index (χ4n) is 1.59. The third kappa shape index (κ3) is 4.14. The van der Waals surface area contributed by atoms with E-state index in [9.17, 15) is 4.79 Å². The number of ether oxygens (including phenoxy) is 1. The summed E-state index contributed by atoms with van der Waals surface area (Å²) in [6.45, 7) is 4.23. The molecule has 1 aliphatic heterocycles. The lowest BCUT2D eigenvalue weighted by atomic mass is 10.1. The molecule has 1 saturated heterocycles. The van der Waals surface area contributed by atoms with Gasteiger partial charge in [0.25, 0.3) is 0 Å². The van der Waals surface area contributed by atoms with E-state index in [0.717, 1.165) is 6.54 Å². The Morgan fingerprint density at radius 2 is 2.56 bits per heavy atom. The van der Waals surface area contributed by atoms with Crippen molar-refractivity contribution in [3.63, 3.8) is 0 Å². The Morgan fingerprint density at radius 3 is 3.19 bits per heavy atom. The highest BCUT2D eigenvalue weighted by Crippen LogP contribution is 2.06. The molecule has 16 heavy (non-hydrogen) atoms. The molecule has 1 heterocycles. The lowest BCUT2D eigenvalue weighted by Crippen LogP contribution is -2.51. The summed E-state index contributed by atoms with van der Waals surface area (Å²) in [4.78, 5) is 13.4. The van der Waals surface area contributed by atoms with Crippen LogP contribution in [0.2, 0.25) is 0 Å². The first-order chi connectivity index (χ1) is 7.63. The normalized spacial score (nSPS) is 23.4. The lowest BCUT2D eigenvalue weighted by Gasteiger charge is -2.34. The minimum Gasteiger partial charge on any atom is -0.374 e. The van der Waals surface area contributed by atoms with Crippen LogP contribution < -0.4 is 11.1 Å². The number of carbonyl (C=O) groups excluding carboxylic acids is 1. The third-order valence-electron chi connectivity index (χ3n) is 2.50. The molecule has 0 aliphatic carbocycles. The Hall–Kier alpha value is -1.16. The van der Waals surface area contributed by atoms with Crippen molar-refractivity contribution in [2.45, 2.75) is 19.1 Å². The Morgan fingerprint density at radius 1 is 1.81 bits per heavy atom. The van der Waals surface area contributed by atoms with Crippen LogP contribution in [0, 0.1) is 11.3 Å². The molecule has 0 bridgehead atoms. The summed E-state index contributed by atoms with van der Waals surface area (Å²) in [6.07, 6.45) is -0.0162. The molecule has 0 aromatic carbocycles. The van der Waals surface area contributed by atoms with Gasteiger partial charge >= 0.3 is 0 Å². The van der Waals surface area contributed by atoms with Crippen molar-refractivity contribution in [1.82, 2.24) is 10.2 Å². The maximum Gasteiger partial charge on any atom is 0.235 e. The van der Waals surface area contributed by atoms with Gasteiger partial charge in [0, 0.05) is 19.1 Å². The zero-order valence-electron chi connectivity index (χ0n) is 9.48. The molecular weight excluding hydrogens is 208 g/mol. The fourth-order valence-corrected chi connectivity index (χ4v) is 1.59. The van der Waals surface area contributed by atoms with Crippen molar-refractivity contribution in [3.05, 3.63) is 0 Å². The smallest absolute Gasteiger partial charge is 0.235 e. The highest BCUT2D eigenvalue weighted by Gasteiger charge is 2.24. The topological polar surface area (TPSA) is 91.4 Å². The van der Waals surface area contributed by atoms with E-state index in [-0.39, 0.29) is 24.6 Å². The molecule has 6 nitrogen and oxygen atoms in total. The number of nitriles is 1. The molecule has 1 rings (SSSR count). The van der Waals surface area contributed by atoms with E-state index in [0.29, 0.717) is 19.7 Å². The molecule has 0 aromatic heterocycles. The van der Waals surface area contributed by atoms with Gasteiger partial charge in [0.1, 0.15) is 6.54 Å². The van der Waals surface area contributed by atoms with E-state index in [1.54, 1.807) is 0 Å². The van der Waals surface area contributed by atoms with Gasteiger partial charge in [0.05, 0.1) is 25.3 Å². The van der Waals surface area contributed by atoms with Crippen molar-refractivity contribution in [2.24, 2.45) is 5.73 Å². The summed E-state index contributed by atoms with van der Waals surface area (Å²) in [5.74, 6) is -0.133. The number of nitrogens with two attached hydrogens (primary N) is 1. The zero-order valence-corrected chi connectivity index (χ0v) is 9.48. The number of hydrogen-bond donors (Lipinski definition) is 2. The summed E-state index contributed by atoms with van der Waals surface area (Å²) in [5.41, 5.74) is 5.75. The summed E-state index contributed by atoms with van der Waals surface area (Å²) in [7, 11) is 0. The van der Waals surface area contributed by atoms with E-state index < -0.39 is 0 Å². The second-order valence-corrected chi connectivity index (χ2v) is 3.94. The molecule has 2 unspecified atom stereocenters. The van der Waals surface area contributed by atoms with Crippen molar-refractivity contribution >= 4 is 5.91 Å². The summed E-state index contributed by atoms with van der Waals surface area (Å²) in [5, 5.41) is 10.8. The molecule has 6 heteroatoms. The van der Waals surface area contributed by atoms with Crippen molar-refractivity contribution < 1.29 is 9.53 Å². The molecule has 2 atom stereocenters. The second kappa shape index (κ2) is 6.43. The molecule has 1 fully saturated rings. The molecule has 0 radical (unpaired) electrons. The largest absolute Gasteiger partial charge is 0.374 e. The number of hydrogen-bond acceptors (Lipinski definition) is 5. The van der Waals surface area contributed by atoms with E-state index in [2.05, 4.69) is 5.32 Å². The zero-order chi connectivity index (χ0) is 12.0. The first-order valence-corrected chi connectivity index (χ1v) is 5.36. The summed E-state index contributed by atoms with van der Waals surface area (Å²) >= 11 is 0. The number of nitrogens with one attached hydrogen (secondary N) is 1. The number of rotatable bonds is 4. The van der Waals surface area contributed by atoms with Gasteiger partial charge in [-0.05, 0) is 6.92 Å². The minimum atomic E-state index is -0.133. The van der Waals surface area contributed by atoms with E-state index in [1.165, 1.54) is 0 Å². The van der Waals surface area contributed by atoms with Crippen LogP contribution in [0.5, 0.6) is 0 Å². The molecule has 1 amide bonds. The standard InChI is InChI=1S/C10H18N4O2/c1-8(12)9-6-14(4-5-16-9)7-10(15)13-3-2-11/h8-9H,3-7,12H2,1H3,(H,13,15). The van der Waals surface area contributed by atoms with Gasteiger partial charge in [-0.2, -0.15) is 5.26 Å². The molecule has 0 aromatic rings. The summed E-state index contributed by atoms with van der Waals surface area (Å²) < 4.78 is 5.48. The average Bonchev–Trinajstić information content (AvgIpc) is 2.26. The van der Waals surface area contributed by atoms with E-state index in [1.807, 2.05) is 17.9 Å². The average molecular weight is 226 g/mol. The molecule has 0 spiro atoms. The van der Waals surface area contributed by atoms with Crippen LogP contribution in [-0.2, 0) is 9.53 Å². The monoisotopic (exact) mass is 226 g/mol. The highest BCUT2D eigenvalue weighted by atomic mass is 16.5. The Bertz CT molecular complexity index is 274. The molecule has 3 N–H and O–H groups in total. The van der Waals surface area contributed by atoms with Crippen LogP contribution in [0.1, 0.15) is 6.92 Å². The first-order valence-electron chi connectivity index (χ1n) is 5.36. The molecule has 0 saturated carbocycles. The maximum atomic E-state index is 11.4. The minimum absolute atomic E-state index is 0.0162. The van der Waals surface area contributed by atoms with Gasteiger partial charge in [0.2, 0.25) is 5.91 Å². The van der Waals surface area contributed by atoms with Gasteiger partial charge < -0.3 is 15.8 Å². The van der Waals surface area contributed by atoms with Crippen LogP contribution in [0.3, 0.4) is 0 Å². The van der Waals surface area contributed by atoms with Gasteiger partial charge in [-0.3, -0.25) is 9.69 Å². The fraction of sp³-hybridized carbons (Fsp3) is 0.800. The number of amides is 1. The van der Waals surface area contributed by atoms with Crippen molar-refractivity contribution in [2.75, 3.05) is 32.8 Å². The van der Waals surface area contributed by atoms with Crippen LogP contribution >= 0.6 is 0 Å². The van der Waals surface area contributed by atoms with Crippen LogP contribution in [0.15, 0.2) is 0 Å². The van der Waals surface area contributed by atoms with E-state index >= 15 is 0 Å². The van der Waals surface area contributed by atoms with E-state index in [4.69, 9.17) is 15.7 Å². The van der Waals surface area contributed by atoms with Gasteiger partial charge in [0.15, 0.2) is 0 Å². The Balaban J connectivity index is 2.31. The number of carbonyl (C=O) groups is 1. The quantitative estimate of drug-likeness (QED) is 0.580. The Kier molecular flexibility index (Phi) is 5.19. The predicted octanol–water partition coefficient (Wildman–Crippen LogP) is -1.33. The van der Waals surface area contributed by atoms with Gasteiger partial charge in [-0.1, -0.05) is 0 Å². The SMILES string of the molecule is CC(N)C1CN(CC(=O)NCC#N)CCO1. The lowest BCUT2D eigenvalue weighted by molar-refractivity contribution is -0.124. The highest BCUT2D eigenvalue weighted by molar-refractivity contribution is 5.78. The van der Waals surface area contributed by atoms with Gasteiger partial charge in [-0.25, -0.2) is 0 Å². The van der Waals surface area contributed by atoms with Crippen LogP contribution in [0.25, 0.3) is 0 Å². The molecular formula is C10H18N4O2. The van der Waals surface area contributed by atoms with Crippen molar-refractivity contribution in [3.8, 4) is 6.07 Å². The summed E-state index contributed by atoms with van der Waals surface area (Å²) in [6, 6.07) is 1.83.